The van der Waals surface area contributed by atoms with Crippen molar-refractivity contribution in [1.29, 1.82) is 0 Å². The molecule has 0 unspecified atom stereocenters. The minimum Gasteiger partial charge on any atom is -0.363 e. The van der Waals surface area contributed by atoms with Crippen LogP contribution in [0.25, 0.3) is 0 Å². The smallest absolute Gasteiger partial charge is 0.267 e. The van der Waals surface area contributed by atoms with Crippen molar-refractivity contribution in [2.45, 2.75) is 6.54 Å². The lowest BCUT2D eigenvalue weighted by Crippen LogP contribution is -2.12. The number of H-pyrrole nitrogens is 2. The predicted molar refractivity (Wildman–Crippen MR) is 58.5 cm³/mol. The number of hydrogen-bond acceptors (Lipinski definition) is 4. The van der Waals surface area contributed by atoms with Crippen LogP contribution in [0.5, 0.6) is 0 Å². The van der Waals surface area contributed by atoms with E-state index in [1.54, 1.807) is 6.20 Å². The maximum atomic E-state index is 11.2. The summed E-state index contributed by atoms with van der Waals surface area (Å²) in [7, 11) is 0. The summed E-state index contributed by atoms with van der Waals surface area (Å²) in [6.45, 7) is 0.537. The number of nitrogens with one attached hydrogen (secondary N) is 3. The molecule has 2 heterocycles. The molecule has 0 atom stereocenters. The molecule has 15 heavy (non-hydrogen) atoms. The highest BCUT2D eigenvalue weighted by Crippen LogP contribution is 2.13. The van der Waals surface area contributed by atoms with E-state index in [9.17, 15) is 4.79 Å². The molecule has 0 aliphatic rings. The van der Waals surface area contributed by atoms with E-state index in [0.717, 1.165) is 5.69 Å². The first kappa shape index (κ1) is 9.91. The molecule has 0 saturated heterocycles. The van der Waals surface area contributed by atoms with E-state index in [2.05, 4.69) is 41.4 Å². The summed E-state index contributed by atoms with van der Waals surface area (Å²) in [6, 6.07) is 1.84. The van der Waals surface area contributed by atoms with E-state index in [0.29, 0.717) is 16.8 Å². The third-order valence-corrected chi connectivity index (χ3v) is 2.54. The van der Waals surface area contributed by atoms with Gasteiger partial charge in [0.05, 0.1) is 18.6 Å². The molecule has 0 radical (unpaired) electrons. The highest BCUT2D eigenvalue weighted by molar-refractivity contribution is 9.10. The van der Waals surface area contributed by atoms with Gasteiger partial charge in [-0.2, -0.15) is 5.10 Å². The third-order valence-electron chi connectivity index (χ3n) is 1.80. The maximum Gasteiger partial charge on any atom is 0.267 e. The zero-order chi connectivity index (χ0) is 10.7. The number of rotatable bonds is 3. The molecule has 2 rings (SSSR count). The molecule has 3 N–H and O–H groups in total. The van der Waals surface area contributed by atoms with Gasteiger partial charge >= 0.3 is 0 Å². The van der Waals surface area contributed by atoms with Gasteiger partial charge in [-0.3, -0.25) is 9.89 Å². The number of hydrogen-bond donors (Lipinski definition) is 3. The van der Waals surface area contributed by atoms with Crippen LogP contribution in [0, 0.1) is 0 Å². The fourth-order valence-corrected chi connectivity index (χ4v) is 1.43. The number of aromatic nitrogens is 4. The Morgan fingerprint density at radius 2 is 2.40 bits per heavy atom. The molecule has 2 aromatic rings. The topological polar surface area (TPSA) is 86.5 Å². The van der Waals surface area contributed by atoms with Crippen molar-refractivity contribution in [3.63, 3.8) is 0 Å². The standard InChI is InChI=1S/C8H8BrN5O/c9-6-7(11-4-12-8(6)15)10-3-5-1-2-13-14-5/h1-2,4H,3H2,(H,13,14)(H2,10,11,12,15). The number of nitrogens with zero attached hydrogens (tertiary/aromatic N) is 2. The largest absolute Gasteiger partial charge is 0.363 e. The highest BCUT2D eigenvalue weighted by atomic mass is 79.9. The van der Waals surface area contributed by atoms with Gasteiger partial charge in [-0.05, 0) is 22.0 Å². The first-order valence-corrected chi connectivity index (χ1v) is 5.02. The monoisotopic (exact) mass is 269 g/mol. The molecule has 0 amide bonds. The van der Waals surface area contributed by atoms with Gasteiger partial charge in [-0.1, -0.05) is 0 Å². The fraction of sp³-hybridized carbons (Fsp3) is 0.125. The molecule has 0 spiro atoms. The molecule has 7 heteroatoms. The van der Waals surface area contributed by atoms with Crippen LogP contribution in [0.3, 0.4) is 0 Å². The Hall–Kier alpha value is -1.63. The molecule has 0 aromatic carbocycles. The molecule has 0 aliphatic heterocycles. The van der Waals surface area contributed by atoms with E-state index in [-0.39, 0.29) is 5.56 Å². The quantitative estimate of drug-likeness (QED) is 0.772. The van der Waals surface area contributed by atoms with Gasteiger partial charge in [-0.15, -0.1) is 0 Å². The number of anilines is 1. The van der Waals surface area contributed by atoms with Gasteiger partial charge in [0.15, 0.2) is 0 Å². The summed E-state index contributed by atoms with van der Waals surface area (Å²) in [5.74, 6) is 0.508. The van der Waals surface area contributed by atoms with Gasteiger partial charge in [0.2, 0.25) is 0 Å². The van der Waals surface area contributed by atoms with Crippen LogP contribution >= 0.6 is 15.9 Å². The van der Waals surface area contributed by atoms with Crippen LogP contribution in [0.2, 0.25) is 0 Å². The molecule has 0 aliphatic carbocycles. The second kappa shape index (κ2) is 4.26. The van der Waals surface area contributed by atoms with E-state index in [4.69, 9.17) is 0 Å². The summed E-state index contributed by atoms with van der Waals surface area (Å²) < 4.78 is 0.393. The Labute approximate surface area is 93.3 Å². The summed E-state index contributed by atoms with van der Waals surface area (Å²) >= 11 is 3.15. The fourth-order valence-electron chi connectivity index (χ4n) is 1.07. The summed E-state index contributed by atoms with van der Waals surface area (Å²) in [5, 5.41) is 9.62. The molecule has 0 bridgehead atoms. The van der Waals surface area contributed by atoms with Crippen LogP contribution < -0.4 is 10.9 Å². The molecular weight excluding hydrogens is 262 g/mol. The second-order valence-electron chi connectivity index (χ2n) is 2.83. The lowest BCUT2D eigenvalue weighted by atomic mass is 10.4. The Morgan fingerprint density at radius 1 is 1.53 bits per heavy atom. The lowest BCUT2D eigenvalue weighted by molar-refractivity contribution is 0.965. The van der Waals surface area contributed by atoms with Crippen molar-refractivity contribution in [2.75, 3.05) is 5.32 Å². The van der Waals surface area contributed by atoms with Gasteiger partial charge in [0.25, 0.3) is 5.56 Å². The average molecular weight is 270 g/mol. The van der Waals surface area contributed by atoms with E-state index >= 15 is 0 Å². The van der Waals surface area contributed by atoms with Gasteiger partial charge in [0, 0.05) is 6.20 Å². The maximum absolute atomic E-state index is 11.2. The van der Waals surface area contributed by atoms with Crippen molar-refractivity contribution >= 4 is 21.7 Å². The van der Waals surface area contributed by atoms with Crippen molar-refractivity contribution in [3.05, 3.63) is 39.1 Å². The summed E-state index contributed by atoms with van der Waals surface area (Å²) in [6.07, 6.45) is 3.01. The Kier molecular flexibility index (Phi) is 2.82. The van der Waals surface area contributed by atoms with E-state index in [1.165, 1.54) is 6.33 Å². The SMILES string of the molecule is O=c1[nH]cnc(NCc2ccn[nH]2)c1Br. The minimum atomic E-state index is -0.211. The molecule has 78 valence electrons. The minimum absolute atomic E-state index is 0.211. The molecule has 0 fully saturated rings. The number of halogens is 1. The summed E-state index contributed by atoms with van der Waals surface area (Å²) in [4.78, 5) is 17.6. The zero-order valence-corrected chi connectivity index (χ0v) is 9.21. The first-order chi connectivity index (χ1) is 7.27. The molecule has 2 aromatic heterocycles. The zero-order valence-electron chi connectivity index (χ0n) is 7.62. The Morgan fingerprint density at radius 3 is 3.13 bits per heavy atom. The van der Waals surface area contributed by atoms with Crippen LogP contribution in [0.15, 0.2) is 27.9 Å². The molecule has 6 nitrogen and oxygen atoms in total. The Bertz CT molecular complexity index is 492. The van der Waals surface area contributed by atoms with E-state index < -0.39 is 0 Å². The van der Waals surface area contributed by atoms with Crippen LogP contribution in [0.4, 0.5) is 5.82 Å². The van der Waals surface area contributed by atoms with E-state index in [1.807, 2.05) is 6.07 Å². The van der Waals surface area contributed by atoms with Gasteiger partial charge in [-0.25, -0.2) is 4.98 Å². The molecule has 0 saturated carbocycles. The third kappa shape index (κ3) is 2.24. The van der Waals surface area contributed by atoms with Crippen LogP contribution in [-0.2, 0) is 6.54 Å². The van der Waals surface area contributed by atoms with Crippen LogP contribution in [0.1, 0.15) is 5.69 Å². The molecular formula is C8H8BrN5O. The van der Waals surface area contributed by atoms with Gasteiger partial charge in [0.1, 0.15) is 10.3 Å². The second-order valence-corrected chi connectivity index (χ2v) is 3.62. The number of aromatic amines is 2. The van der Waals surface area contributed by atoms with Crippen molar-refractivity contribution < 1.29 is 0 Å². The normalized spacial score (nSPS) is 10.2. The van der Waals surface area contributed by atoms with Crippen molar-refractivity contribution in [2.24, 2.45) is 0 Å². The highest BCUT2D eigenvalue weighted by Gasteiger charge is 2.04. The van der Waals surface area contributed by atoms with Crippen molar-refractivity contribution in [3.8, 4) is 0 Å². The first-order valence-electron chi connectivity index (χ1n) is 4.22. The average Bonchev–Trinajstić information content (AvgIpc) is 2.73. The Balaban J connectivity index is 2.12. The predicted octanol–water partition coefficient (Wildman–Crippen LogP) is 0.868. The lowest BCUT2D eigenvalue weighted by Gasteiger charge is -2.04. The van der Waals surface area contributed by atoms with Crippen molar-refractivity contribution in [1.82, 2.24) is 20.2 Å². The van der Waals surface area contributed by atoms with Crippen LogP contribution in [-0.4, -0.2) is 20.2 Å². The summed E-state index contributed by atoms with van der Waals surface area (Å²) in [5.41, 5.74) is 0.709. The van der Waals surface area contributed by atoms with Gasteiger partial charge < -0.3 is 10.3 Å².